The van der Waals surface area contributed by atoms with E-state index in [-0.39, 0.29) is 29.5 Å². The van der Waals surface area contributed by atoms with Crippen molar-refractivity contribution in [1.29, 1.82) is 0 Å². The molecular formula is C28H39N3O5. The largest absolute Gasteiger partial charge is 0.494 e. The van der Waals surface area contributed by atoms with E-state index in [0.29, 0.717) is 12.4 Å². The molecule has 0 aliphatic carbocycles. The van der Waals surface area contributed by atoms with Crippen molar-refractivity contribution in [3.63, 3.8) is 0 Å². The van der Waals surface area contributed by atoms with E-state index in [2.05, 4.69) is 31.1 Å². The highest BCUT2D eigenvalue weighted by Crippen LogP contribution is 2.30. The molecule has 2 aliphatic heterocycles. The van der Waals surface area contributed by atoms with E-state index >= 15 is 0 Å². The summed E-state index contributed by atoms with van der Waals surface area (Å²) in [6.45, 7) is 9.89. The van der Waals surface area contributed by atoms with Gasteiger partial charge >= 0.3 is 0 Å². The van der Waals surface area contributed by atoms with Gasteiger partial charge in [0.25, 0.3) is 11.8 Å². The standard InChI is InChI=1S/C28H39N3O5/c1-4-16-28(5-2,6-3)29-17-10-8-7-9-11-18-36-20-12-13-21-22(19-20)27(35)31(26(21)34)23-14-15-24(32)30-25(23)33/h4,12-13,19,23,29H,1,5-11,14-18H2,2-3H3,(H,30,32,33). The van der Waals surface area contributed by atoms with Crippen LogP contribution in [0.15, 0.2) is 30.9 Å². The van der Waals surface area contributed by atoms with Crippen LogP contribution in [0.4, 0.5) is 0 Å². The average Bonchev–Trinajstić information content (AvgIpc) is 3.11. The molecule has 2 N–H and O–H groups in total. The maximum atomic E-state index is 12.9. The van der Waals surface area contributed by atoms with E-state index < -0.39 is 29.7 Å². The Morgan fingerprint density at radius 3 is 2.44 bits per heavy atom. The molecule has 1 fully saturated rings. The van der Waals surface area contributed by atoms with Crippen LogP contribution in [0, 0.1) is 0 Å². The number of nitrogens with one attached hydrogen (secondary N) is 2. The van der Waals surface area contributed by atoms with Gasteiger partial charge in [-0.3, -0.25) is 29.4 Å². The van der Waals surface area contributed by atoms with Crippen LogP contribution in [-0.4, -0.2) is 53.3 Å². The van der Waals surface area contributed by atoms with Gasteiger partial charge in [-0.2, -0.15) is 0 Å². The second-order valence-corrected chi connectivity index (χ2v) is 9.68. The fraction of sp³-hybridized carbons (Fsp3) is 0.571. The minimum Gasteiger partial charge on any atom is -0.494 e. The Morgan fingerprint density at radius 1 is 1.06 bits per heavy atom. The average molecular weight is 498 g/mol. The molecule has 1 atom stereocenters. The zero-order chi connectivity index (χ0) is 26.1. The highest BCUT2D eigenvalue weighted by molar-refractivity contribution is 6.23. The summed E-state index contributed by atoms with van der Waals surface area (Å²) in [5, 5.41) is 5.93. The number of amides is 4. The minimum absolute atomic E-state index is 0.0995. The first kappa shape index (κ1) is 27.6. The number of imide groups is 2. The first-order valence-corrected chi connectivity index (χ1v) is 13.2. The zero-order valence-electron chi connectivity index (χ0n) is 21.6. The second kappa shape index (κ2) is 12.8. The predicted octanol–water partition coefficient (Wildman–Crippen LogP) is 4.14. The van der Waals surface area contributed by atoms with Crippen molar-refractivity contribution in [2.24, 2.45) is 0 Å². The lowest BCUT2D eigenvalue weighted by atomic mass is 9.89. The van der Waals surface area contributed by atoms with Crippen LogP contribution in [0.2, 0.25) is 0 Å². The Morgan fingerprint density at radius 2 is 1.75 bits per heavy atom. The number of unbranched alkanes of at least 4 members (excludes halogenated alkanes) is 4. The fourth-order valence-corrected chi connectivity index (χ4v) is 4.98. The zero-order valence-corrected chi connectivity index (χ0v) is 21.6. The third-order valence-corrected chi connectivity index (χ3v) is 7.39. The number of nitrogens with zero attached hydrogens (tertiary/aromatic N) is 1. The third-order valence-electron chi connectivity index (χ3n) is 7.39. The lowest BCUT2D eigenvalue weighted by Crippen LogP contribution is -2.54. The van der Waals surface area contributed by atoms with Crippen molar-refractivity contribution >= 4 is 23.6 Å². The molecule has 2 aliphatic rings. The van der Waals surface area contributed by atoms with Gasteiger partial charge in [0.05, 0.1) is 17.7 Å². The first-order valence-electron chi connectivity index (χ1n) is 13.2. The number of fused-ring (bicyclic) bond motifs is 1. The van der Waals surface area contributed by atoms with E-state index in [1.807, 2.05) is 6.08 Å². The molecule has 196 valence electrons. The quantitative estimate of drug-likeness (QED) is 0.214. The van der Waals surface area contributed by atoms with E-state index in [1.165, 1.54) is 0 Å². The summed E-state index contributed by atoms with van der Waals surface area (Å²) in [5.74, 6) is -1.50. The Kier molecular flexibility index (Phi) is 9.81. The molecule has 0 saturated carbocycles. The van der Waals surface area contributed by atoms with Crippen LogP contribution >= 0.6 is 0 Å². The number of carbonyl (C=O) groups is 4. The third kappa shape index (κ3) is 6.40. The summed E-state index contributed by atoms with van der Waals surface area (Å²) in [5.41, 5.74) is 0.673. The number of carbonyl (C=O) groups excluding carboxylic acids is 4. The Bertz CT molecular complexity index is 985. The molecular weight excluding hydrogens is 458 g/mol. The second-order valence-electron chi connectivity index (χ2n) is 9.68. The highest BCUT2D eigenvalue weighted by atomic mass is 16.5. The van der Waals surface area contributed by atoms with Crippen molar-refractivity contribution in [3.8, 4) is 5.75 Å². The molecule has 0 radical (unpaired) electrons. The number of ether oxygens (including phenoxy) is 1. The van der Waals surface area contributed by atoms with Gasteiger partial charge in [-0.25, -0.2) is 0 Å². The van der Waals surface area contributed by atoms with Crippen molar-refractivity contribution < 1.29 is 23.9 Å². The molecule has 0 aromatic heterocycles. The van der Waals surface area contributed by atoms with Crippen molar-refractivity contribution in [2.75, 3.05) is 13.2 Å². The van der Waals surface area contributed by atoms with Crippen molar-refractivity contribution in [2.45, 2.75) is 89.6 Å². The lowest BCUT2D eigenvalue weighted by Gasteiger charge is -2.32. The summed E-state index contributed by atoms with van der Waals surface area (Å²) < 4.78 is 5.83. The lowest BCUT2D eigenvalue weighted by molar-refractivity contribution is -0.136. The predicted molar refractivity (Wildman–Crippen MR) is 138 cm³/mol. The number of piperidine rings is 1. The van der Waals surface area contributed by atoms with Crippen LogP contribution in [0.1, 0.15) is 98.8 Å². The molecule has 8 nitrogen and oxygen atoms in total. The molecule has 1 unspecified atom stereocenters. The monoisotopic (exact) mass is 497 g/mol. The summed E-state index contributed by atoms with van der Waals surface area (Å²) in [6, 6.07) is 3.87. The van der Waals surface area contributed by atoms with Gasteiger partial charge < -0.3 is 10.1 Å². The number of benzene rings is 1. The molecule has 1 aromatic carbocycles. The first-order chi connectivity index (χ1) is 17.4. The van der Waals surface area contributed by atoms with Crippen molar-refractivity contribution in [1.82, 2.24) is 15.5 Å². The number of hydrogen-bond acceptors (Lipinski definition) is 6. The van der Waals surface area contributed by atoms with E-state index in [1.54, 1.807) is 18.2 Å². The molecule has 2 heterocycles. The minimum atomic E-state index is -0.961. The van der Waals surface area contributed by atoms with Gasteiger partial charge in [-0.05, 0) is 63.3 Å². The van der Waals surface area contributed by atoms with Gasteiger partial charge in [0.1, 0.15) is 11.8 Å². The van der Waals surface area contributed by atoms with E-state index in [0.717, 1.165) is 62.8 Å². The van der Waals surface area contributed by atoms with E-state index in [4.69, 9.17) is 4.74 Å². The maximum Gasteiger partial charge on any atom is 0.262 e. The van der Waals surface area contributed by atoms with Crippen LogP contribution in [-0.2, 0) is 9.59 Å². The molecule has 8 heteroatoms. The molecule has 1 aromatic rings. The van der Waals surface area contributed by atoms with Gasteiger partial charge in [0, 0.05) is 12.0 Å². The van der Waals surface area contributed by atoms with Crippen LogP contribution in [0.3, 0.4) is 0 Å². The maximum absolute atomic E-state index is 12.9. The fourth-order valence-electron chi connectivity index (χ4n) is 4.98. The molecule has 1 saturated heterocycles. The highest BCUT2D eigenvalue weighted by Gasteiger charge is 2.44. The summed E-state index contributed by atoms with van der Waals surface area (Å²) >= 11 is 0. The Balaban J connectivity index is 1.39. The molecule has 3 rings (SSSR count). The number of hydrogen-bond donors (Lipinski definition) is 2. The molecule has 4 amide bonds. The SMILES string of the molecule is C=CCC(CC)(CC)NCCCCCCCOc1ccc2c(c1)C(=O)N(C1CCC(=O)NC1=O)C2=O. The smallest absolute Gasteiger partial charge is 0.262 e. The van der Waals surface area contributed by atoms with Gasteiger partial charge in [0.15, 0.2) is 0 Å². The van der Waals surface area contributed by atoms with Crippen LogP contribution in [0.25, 0.3) is 0 Å². The normalized spacial score (nSPS) is 17.8. The van der Waals surface area contributed by atoms with E-state index in [9.17, 15) is 19.2 Å². The Labute approximate surface area is 213 Å². The molecule has 0 spiro atoms. The molecule has 0 bridgehead atoms. The van der Waals surface area contributed by atoms with Gasteiger partial charge in [-0.15, -0.1) is 6.58 Å². The Hall–Kier alpha value is -3.00. The van der Waals surface area contributed by atoms with Gasteiger partial charge in [-0.1, -0.05) is 39.2 Å². The van der Waals surface area contributed by atoms with Crippen molar-refractivity contribution in [3.05, 3.63) is 42.0 Å². The topological polar surface area (TPSA) is 105 Å². The van der Waals surface area contributed by atoms with Crippen LogP contribution in [0.5, 0.6) is 5.75 Å². The molecule has 36 heavy (non-hydrogen) atoms. The summed E-state index contributed by atoms with van der Waals surface area (Å²) in [6.07, 6.45) is 10.8. The van der Waals surface area contributed by atoms with Gasteiger partial charge in [0.2, 0.25) is 11.8 Å². The summed E-state index contributed by atoms with van der Waals surface area (Å²) in [4.78, 5) is 50.2. The number of rotatable bonds is 15. The summed E-state index contributed by atoms with van der Waals surface area (Å²) in [7, 11) is 0. The van der Waals surface area contributed by atoms with Crippen LogP contribution < -0.4 is 15.4 Å².